The second-order valence-corrected chi connectivity index (χ2v) is 7.18. The van der Waals surface area contributed by atoms with Crippen molar-refractivity contribution in [3.8, 4) is 0 Å². The number of hydrogen-bond donors (Lipinski definition) is 2. The van der Waals surface area contributed by atoms with E-state index in [-0.39, 0.29) is 17.3 Å². The van der Waals surface area contributed by atoms with E-state index < -0.39 is 6.10 Å². The van der Waals surface area contributed by atoms with Crippen molar-refractivity contribution in [3.63, 3.8) is 0 Å². The molecule has 5 nitrogen and oxygen atoms in total. The number of aromatic nitrogens is 2. The highest BCUT2D eigenvalue weighted by molar-refractivity contribution is 5.39. The van der Waals surface area contributed by atoms with E-state index in [1.807, 2.05) is 33.8 Å². The van der Waals surface area contributed by atoms with Crippen LogP contribution in [0.25, 0.3) is 0 Å². The summed E-state index contributed by atoms with van der Waals surface area (Å²) in [7, 11) is 1.62. The van der Waals surface area contributed by atoms with Crippen LogP contribution in [0.2, 0.25) is 0 Å². The Morgan fingerprint density at radius 1 is 1.20 bits per heavy atom. The number of aliphatic hydroxyl groups excluding tert-OH is 1. The number of aliphatic hydroxyl groups is 1. The minimum atomic E-state index is -0.792. The van der Waals surface area contributed by atoms with Gasteiger partial charge in [-0.3, -0.25) is 0 Å². The van der Waals surface area contributed by atoms with E-state index in [1.54, 1.807) is 19.2 Å². The second-order valence-electron chi connectivity index (χ2n) is 7.18. The molecule has 0 bridgehead atoms. The Balaban J connectivity index is 2.22. The average molecular weight is 347 g/mol. The molecule has 0 amide bonds. The lowest BCUT2D eigenvalue weighted by Crippen LogP contribution is -2.26. The number of benzene rings is 1. The summed E-state index contributed by atoms with van der Waals surface area (Å²) >= 11 is 0. The quantitative estimate of drug-likeness (QED) is 0.836. The highest BCUT2D eigenvalue weighted by Gasteiger charge is 2.21. The lowest BCUT2D eigenvalue weighted by Gasteiger charge is -2.23. The van der Waals surface area contributed by atoms with Crippen LogP contribution >= 0.6 is 0 Å². The summed E-state index contributed by atoms with van der Waals surface area (Å²) in [6.45, 7) is 8.36. The third-order valence-corrected chi connectivity index (χ3v) is 3.80. The predicted octanol–water partition coefficient (Wildman–Crippen LogP) is 3.59. The Morgan fingerprint density at radius 2 is 1.84 bits per heavy atom. The van der Waals surface area contributed by atoms with Gasteiger partial charge in [-0.05, 0) is 24.6 Å². The zero-order valence-electron chi connectivity index (χ0n) is 15.4. The average Bonchev–Trinajstić information content (AvgIpc) is 2.54. The summed E-state index contributed by atoms with van der Waals surface area (Å²) < 4.78 is 18.2. The molecule has 6 heteroatoms. The molecule has 0 fully saturated rings. The lowest BCUT2D eigenvalue weighted by atomic mass is 9.95. The molecule has 2 rings (SSSR count). The fourth-order valence-electron chi connectivity index (χ4n) is 2.39. The second kappa shape index (κ2) is 7.89. The van der Waals surface area contributed by atoms with E-state index in [0.29, 0.717) is 23.8 Å². The van der Waals surface area contributed by atoms with Gasteiger partial charge in [-0.25, -0.2) is 14.4 Å². The molecule has 0 aliphatic carbocycles. The first-order chi connectivity index (χ1) is 11.7. The van der Waals surface area contributed by atoms with Crippen molar-refractivity contribution in [3.05, 3.63) is 53.2 Å². The number of rotatable bonds is 6. The fraction of sp³-hybridized carbons (Fsp3) is 0.474. The Hall–Kier alpha value is -2.05. The van der Waals surface area contributed by atoms with Crippen LogP contribution in [-0.4, -0.2) is 28.2 Å². The van der Waals surface area contributed by atoms with Crippen molar-refractivity contribution in [1.29, 1.82) is 0 Å². The third kappa shape index (κ3) is 5.21. The topological polar surface area (TPSA) is 67.3 Å². The zero-order valence-corrected chi connectivity index (χ0v) is 15.4. The Morgan fingerprint density at radius 3 is 2.40 bits per heavy atom. The van der Waals surface area contributed by atoms with Gasteiger partial charge in [0.15, 0.2) is 0 Å². The van der Waals surface area contributed by atoms with Gasteiger partial charge in [0.25, 0.3) is 0 Å². The smallest absolute Gasteiger partial charge is 0.136 e. The minimum Gasteiger partial charge on any atom is -0.386 e. The first-order valence-corrected chi connectivity index (χ1v) is 8.28. The lowest BCUT2D eigenvalue weighted by molar-refractivity contribution is 0.160. The molecule has 1 heterocycles. The summed E-state index contributed by atoms with van der Waals surface area (Å²) in [4.78, 5) is 9.10. The largest absolute Gasteiger partial charge is 0.386 e. The van der Waals surface area contributed by atoms with Gasteiger partial charge in [-0.15, -0.1) is 0 Å². The number of anilines is 1. The molecule has 2 aromatic rings. The highest BCUT2D eigenvalue weighted by Crippen LogP contribution is 2.23. The maximum absolute atomic E-state index is 13.0. The third-order valence-electron chi connectivity index (χ3n) is 3.80. The molecule has 0 aliphatic heterocycles. The van der Waals surface area contributed by atoms with E-state index >= 15 is 0 Å². The van der Waals surface area contributed by atoms with E-state index in [9.17, 15) is 9.50 Å². The predicted molar refractivity (Wildman–Crippen MR) is 95.9 cm³/mol. The summed E-state index contributed by atoms with van der Waals surface area (Å²) in [5.74, 6) is 1.00. The maximum Gasteiger partial charge on any atom is 0.136 e. The maximum atomic E-state index is 13.0. The van der Waals surface area contributed by atoms with Crippen molar-refractivity contribution in [2.24, 2.45) is 0 Å². The number of nitrogens with zero attached hydrogens (tertiary/aromatic N) is 2. The van der Waals surface area contributed by atoms with Gasteiger partial charge in [-0.1, -0.05) is 32.9 Å². The molecule has 0 saturated heterocycles. The van der Waals surface area contributed by atoms with Crippen LogP contribution in [0.4, 0.5) is 10.2 Å². The summed E-state index contributed by atoms with van der Waals surface area (Å²) in [5, 5.41) is 13.7. The van der Waals surface area contributed by atoms with Gasteiger partial charge in [0, 0.05) is 18.6 Å². The van der Waals surface area contributed by atoms with Crippen LogP contribution in [-0.2, 0) is 16.8 Å². The molecular weight excluding hydrogens is 321 g/mol. The number of hydrogen-bond acceptors (Lipinski definition) is 5. The fourth-order valence-corrected chi connectivity index (χ4v) is 2.39. The molecule has 2 atom stereocenters. The highest BCUT2D eigenvalue weighted by atomic mass is 19.1. The van der Waals surface area contributed by atoms with Gasteiger partial charge in [0.05, 0.1) is 24.4 Å². The number of halogens is 1. The van der Waals surface area contributed by atoms with E-state index in [1.165, 1.54) is 12.1 Å². The SMILES string of the molecule is COCc1cc(NC(C)C(O)c2ccc(F)cc2)nc(C(C)(C)C)n1. The molecule has 2 N–H and O–H groups in total. The number of ether oxygens (including phenoxy) is 1. The molecular formula is C19H26FN3O2. The van der Waals surface area contributed by atoms with Crippen molar-refractivity contribution in [1.82, 2.24) is 9.97 Å². The van der Waals surface area contributed by atoms with E-state index in [4.69, 9.17) is 4.74 Å². The Bertz CT molecular complexity index is 699. The van der Waals surface area contributed by atoms with Crippen molar-refractivity contribution >= 4 is 5.82 Å². The molecule has 1 aromatic heterocycles. The monoisotopic (exact) mass is 347 g/mol. The van der Waals surface area contributed by atoms with Gasteiger partial charge in [0.2, 0.25) is 0 Å². The summed E-state index contributed by atoms with van der Waals surface area (Å²) in [6, 6.07) is 7.33. The van der Waals surface area contributed by atoms with Crippen LogP contribution in [0.15, 0.2) is 30.3 Å². The molecule has 136 valence electrons. The van der Waals surface area contributed by atoms with Crippen molar-refractivity contribution < 1.29 is 14.2 Å². The Kier molecular flexibility index (Phi) is 6.08. The first-order valence-electron chi connectivity index (χ1n) is 8.28. The van der Waals surface area contributed by atoms with Gasteiger partial charge < -0.3 is 15.2 Å². The molecule has 25 heavy (non-hydrogen) atoms. The van der Waals surface area contributed by atoms with Gasteiger partial charge in [0.1, 0.15) is 17.5 Å². The van der Waals surface area contributed by atoms with Crippen LogP contribution in [0, 0.1) is 5.82 Å². The summed E-state index contributed by atoms with van der Waals surface area (Å²) in [6.07, 6.45) is -0.792. The number of methoxy groups -OCH3 is 1. The van der Waals surface area contributed by atoms with E-state index in [2.05, 4.69) is 15.3 Å². The first kappa shape index (κ1) is 19.3. The standard InChI is InChI=1S/C19H26FN3O2/c1-12(17(24)13-6-8-14(20)9-7-13)21-16-10-15(11-25-5)22-18(23-16)19(2,3)4/h6-10,12,17,24H,11H2,1-5H3,(H,21,22,23). The van der Waals surface area contributed by atoms with Crippen LogP contribution in [0.3, 0.4) is 0 Å². The van der Waals surface area contributed by atoms with E-state index in [0.717, 1.165) is 5.69 Å². The van der Waals surface area contributed by atoms with Crippen LogP contribution < -0.4 is 5.32 Å². The normalized spacial score (nSPS) is 14.2. The van der Waals surface area contributed by atoms with Crippen molar-refractivity contribution in [2.75, 3.05) is 12.4 Å². The van der Waals surface area contributed by atoms with Crippen molar-refractivity contribution in [2.45, 2.75) is 51.9 Å². The van der Waals surface area contributed by atoms with Gasteiger partial charge in [-0.2, -0.15) is 0 Å². The molecule has 1 aromatic carbocycles. The van der Waals surface area contributed by atoms with Gasteiger partial charge >= 0.3 is 0 Å². The zero-order chi connectivity index (χ0) is 18.6. The molecule has 2 unspecified atom stereocenters. The molecule has 0 spiro atoms. The molecule has 0 aliphatic rings. The minimum absolute atomic E-state index is 0.209. The summed E-state index contributed by atoms with van der Waals surface area (Å²) in [5.41, 5.74) is 1.20. The van der Waals surface area contributed by atoms with Crippen LogP contribution in [0.1, 0.15) is 50.9 Å². The van der Waals surface area contributed by atoms with Crippen LogP contribution in [0.5, 0.6) is 0 Å². The molecule has 0 saturated carbocycles. The Labute approximate surface area is 148 Å². The molecule has 0 radical (unpaired) electrons. The number of nitrogens with one attached hydrogen (secondary N) is 1.